The highest BCUT2D eigenvalue weighted by molar-refractivity contribution is 5.30. The van der Waals surface area contributed by atoms with Crippen LogP contribution in [0, 0.1) is 18.8 Å². The van der Waals surface area contributed by atoms with Crippen LogP contribution in [0.2, 0.25) is 0 Å². The maximum absolute atomic E-state index is 6.03. The average molecular weight is 276 g/mol. The molecule has 0 bridgehead atoms. The van der Waals surface area contributed by atoms with E-state index in [1.54, 1.807) is 0 Å². The molecule has 2 heterocycles. The Morgan fingerprint density at radius 3 is 2.75 bits per heavy atom. The fraction of sp³-hybridized carbons (Fsp3) is 0.812. The van der Waals surface area contributed by atoms with E-state index >= 15 is 0 Å². The number of nitrogens with zero attached hydrogens (tertiary/aromatic N) is 1. The Kier molecular flexibility index (Phi) is 2.62. The third-order valence-electron chi connectivity index (χ3n) is 6.03. The fourth-order valence-corrected chi connectivity index (χ4v) is 4.94. The van der Waals surface area contributed by atoms with Gasteiger partial charge in [0.25, 0.3) is 0 Å². The maximum Gasteiger partial charge on any atom is 0.171 e. The van der Waals surface area contributed by atoms with Crippen LogP contribution in [0.3, 0.4) is 0 Å². The van der Waals surface area contributed by atoms with Gasteiger partial charge in [0.05, 0.1) is 18.9 Å². The maximum atomic E-state index is 6.03. The van der Waals surface area contributed by atoms with E-state index in [1.807, 2.05) is 0 Å². The summed E-state index contributed by atoms with van der Waals surface area (Å²) in [7, 11) is 0. The number of fused-ring (bicyclic) bond motifs is 3. The van der Waals surface area contributed by atoms with Crippen LogP contribution in [0.1, 0.15) is 50.3 Å². The molecule has 1 spiro atoms. The number of aromatic nitrogens is 2. The quantitative estimate of drug-likeness (QED) is 0.792. The van der Waals surface area contributed by atoms with Crippen molar-refractivity contribution in [2.45, 2.75) is 57.7 Å². The zero-order valence-corrected chi connectivity index (χ0v) is 12.7. The molecule has 110 valence electrons. The summed E-state index contributed by atoms with van der Waals surface area (Å²) in [4.78, 5) is 8.28. The van der Waals surface area contributed by atoms with Crippen molar-refractivity contribution in [1.82, 2.24) is 9.97 Å². The first-order valence-electron chi connectivity index (χ1n) is 7.89. The molecule has 0 unspecified atom stereocenters. The first-order chi connectivity index (χ1) is 9.55. The van der Waals surface area contributed by atoms with Crippen molar-refractivity contribution in [2.75, 3.05) is 13.2 Å². The molecule has 0 aromatic carbocycles. The Balaban J connectivity index is 1.74. The van der Waals surface area contributed by atoms with E-state index in [2.05, 4.69) is 25.8 Å². The number of imidazole rings is 1. The van der Waals surface area contributed by atoms with Gasteiger partial charge in [0, 0.05) is 23.4 Å². The lowest BCUT2D eigenvalue weighted by atomic mass is 9.55. The number of aryl methyl sites for hydroxylation is 2. The Hall–Kier alpha value is -0.870. The second-order valence-electron chi connectivity index (χ2n) is 7.01. The molecule has 2 aliphatic carbocycles. The summed E-state index contributed by atoms with van der Waals surface area (Å²) >= 11 is 0. The molecule has 1 saturated heterocycles. The van der Waals surface area contributed by atoms with Crippen molar-refractivity contribution in [3.8, 4) is 0 Å². The Morgan fingerprint density at radius 1 is 1.25 bits per heavy atom. The average Bonchev–Trinajstić information content (AvgIpc) is 3.02. The van der Waals surface area contributed by atoms with E-state index in [0.717, 1.165) is 38.3 Å². The minimum Gasteiger partial charge on any atom is -0.347 e. The van der Waals surface area contributed by atoms with Gasteiger partial charge in [0.15, 0.2) is 5.79 Å². The van der Waals surface area contributed by atoms with Gasteiger partial charge in [-0.2, -0.15) is 0 Å². The van der Waals surface area contributed by atoms with Crippen molar-refractivity contribution in [3.05, 3.63) is 17.2 Å². The molecule has 1 saturated carbocycles. The standard InChI is InChI=1S/C16H24N2O2/c1-10-12-4-5-13-14(18-11(2)17-13)15(12,3)6-7-16(10)19-8-9-20-16/h10,12H,4-9H2,1-3H3,(H,17,18)/t10-,12-,15-/m0/s1. The zero-order valence-electron chi connectivity index (χ0n) is 12.7. The molecular weight excluding hydrogens is 252 g/mol. The van der Waals surface area contributed by atoms with Gasteiger partial charge in [-0.25, -0.2) is 4.98 Å². The third-order valence-corrected chi connectivity index (χ3v) is 6.03. The Bertz CT molecular complexity index is 533. The van der Waals surface area contributed by atoms with Crippen LogP contribution >= 0.6 is 0 Å². The van der Waals surface area contributed by atoms with Gasteiger partial charge in [-0.3, -0.25) is 0 Å². The van der Waals surface area contributed by atoms with Gasteiger partial charge in [0.2, 0.25) is 0 Å². The van der Waals surface area contributed by atoms with Gasteiger partial charge < -0.3 is 14.5 Å². The summed E-state index contributed by atoms with van der Waals surface area (Å²) in [6, 6.07) is 0. The smallest absolute Gasteiger partial charge is 0.171 e. The second-order valence-corrected chi connectivity index (χ2v) is 7.01. The predicted octanol–water partition coefficient (Wildman–Crippen LogP) is 2.71. The van der Waals surface area contributed by atoms with Crippen LogP contribution in [-0.2, 0) is 21.3 Å². The largest absolute Gasteiger partial charge is 0.347 e. The van der Waals surface area contributed by atoms with Gasteiger partial charge in [-0.1, -0.05) is 13.8 Å². The molecule has 1 aromatic rings. The zero-order chi connectivity index (χ0) is 14.0. The first kappa shape index (κ1) is 12.8. The van der Waals surface area contributed by atoms with Gasteiger partial charge >= 0.3 is 0 Å². The summed E-state index contributed by atoms with van der Waals surface area (Å²) in [5, 5.41) is 0. The lowest BCUT2D eigenvalue weighted by Gasteiger charge is -2.53. The van der Waals surface area contributed by atoms with E-state index in [-0.39, 0.29) is 11.2 Å². The number of aromatic amines is 1. The Labute approximate surface area is 120 Å². The number of rotatable bonds is 0. The number of hydrogen-bond donors (Lipinski definition) is 1. The van der Waals surface area contributed by atoms with Crippen molar-refractivity contribution in [2.24, 2.45) is 11.8 Å². The molecule has 20 heavy (non-hydrogen) atoms. The van der Waals surface area contributed by atoms with Crippen molar-refractivity contribution in [1.29, 1.82) is 0 Å². The molecule has 1 N–H and O–H groups in total. The van der Waals surface area contributed by atoms with Crippen LogP contribution in [0.25, 0.3) is 0 Å². The monoisotopic (exact) mass is 276 g/mol. The molecule has 3 atom stereocenters. The van der Waals surface area contributed by atoms with Crippen LogP contribution in [0.5, 0.6) is 0 Å². The highest BCUT2D eigenvalue weighted by Gasteiger charge is 2.57. The minimum absolute atomic E-state index is 0.179. The predicted molar refractivity (Wildman–Crippen MR) is 75.5 cm³/mol. The summed E-state index contributed by atoms with van der Waals surface area (Å²) in [5.41, 5.74) is 2.85. The summed E-state index contributed by atoms with van der Waals surface area (Å²) < 4.78 is 12.1. The molecule has 0 amide bonds. The first-order valence-corrected chi connectivity index (χ1v) is 7.89. The molecule has 4 rings (SSSR count). The topological polar surface area (TPSA) is 47.1 Å². The van der Waals surface area contributed by atoms with Crippen LogP contribution < -0.4 is 0 Å². The second kappa shape index (κ2) is 4.08. The van der Waals surface area contributed by atoms with E-state index in [0.29, 0.717) is 11.8 Å². The van der Waals surface area contributed by atoms with E-state index in [1.165, 1.54) is 17.8 Å². The minimum atomic E-state index is -0.312. The lowest BCUT2D eigenvalue weighted by Crippen LogP contribution is -2.55. The summed E-state index contributed by atoms with van der Waals surface area (Å²) in [6.45, 7) is 8.28. The number of nitrogens with one attached hydrogen (secondary N) is 1. The Morgan fingerprint density at radius 2 is 2.00 bits per heavy atom. The van der Waals surface area contributed by atoms with E-state index in [9.17, 15) is 0 Å². The lowest BCUT2D eigenvalue weighted by molar-refractivity contribution is -0.234. The van der Waals surface area contributed by atoms with Crippen LogP contribution in [0.15, 0.2) is 0 Å². The third kappa shape index (κ3) is 1.52. The molecule has 1 aromatic heterocycles. The van der Waals surface area contributed by atoms with Crippen LogP contribution in [0.4, 0.5) is 0 Å². The number of hydrogen-bond acceptors (Lipinski definition) is 3. The van der Waals surface area contributed by atoms with Crippen LogP contribution in [-0.4, -0.2) is 29.0 Å². The van der Waals surface area contributed by atoms with Crippen molar-refractivity contribution < 1.29 is 9.47 Å². The van der Waals surface area contributed by atoms with E-state index in [4.69, 9.17) is 14.5 Å². The van der Waals surface area contributed by atoms with Crippen molar-refractivity contribution in [3.63, 3.8) is 0 Å². The molecule has 3 aliphatic rings. The number of H-pyrrole nitrogens is 1. The highest BCUT2D eigenvalue weighted by atomic mass is 16.7. The normalized spacial score (nSPS) is 38.8. The molecule has 1 aliphatic heterocycles. The molecule has 4 heteroatoms. The molecule has 4 nitrogen and oxygen atoms in total. The van der Waals surface area contributed by atoms with Crippen molar-refractivity contribution >= 4 is 0 Å². The molecular formula is C16H24N2O2. The van der Waals surface area contributed by atoms with Gasteiger partial charge in [-0.05, 0) is 32.1 Å². The summed E-state index contributed by atoms with van der Waals surface area (Å²) in [5.74, 6) is 1.78. The molecule has 0 radical (unpaired) electrons. The van der Waals surface area contributed by atoms with Gasteiger partial charge in [-0.15, -0.1) is 0 Å². The fourth-order valence-electron chi connectivity index (χ4n) is 4.94. The van der Waals surface area contributed by atoms with E-state index < -0.39 is 0 Å². The SMILES string of the molecule is Cc1nc2c([nH]1)CC[C@H]1[C@H](C)C3(CC[C@]21C)OCCO3. The molecule has 2 fully saturated rings. The highest BCUT2D eigenvalue weighted by Crippen LogP contribution is 2.56. The number of ether oxygens (including phenoxy) is 2. The van der Waals surface area contributed by atoms with Gasteiger partial charge in [0.1, 0.15) is 5.82 Å². The summed E-state index contributed by atoms with van der Waals surface area (Å²) in [6.07, 6.45) is 4.42.